The van der Waals surface area contributed by atoms with E-state index in [1.165, 1.54) is 15.1 Å². The van der Waals surface area contributed by atoms with E-state index < -0.39 is 0 Å². The molecule has 3 aromatic rings. The van der Waals surface area contributed by atoms with Gasteiger partial charge in [-0.2, -0.15) is 0 Å². The topological polar surface area (TPSA) is 93.3 Å². The van der Waals surface area contributed by atoms with E-state index in [0.717, 1.165) is 69.3 Å². The van der Waals surface area contributed by atoms with Crippen molar-refractivity contribution < 1.29 is 4.74 Å². The minimum absolute atomic E-state index is 0.254. The van der Waals surface area contributed by atoms with Crippen molar-refractivity contribution in [1.29, 1.82) is 0 Å². The molecule has 5 heterocycles. The van der Waals surface area contributed by atoms with Gasteiger partial charge in [0.1, 0.15) is 0 Å². The maximum atomic E-state index is 5.66. The minimum atomic E-state index is 0.254. The van der Waals surface area contributed by atoms with Crippen LogP contribution in [0.1, 0.15) is 17.4 Å². The van der Waals surface area contributed by atoms with E-state index in [1.807, 2.05) is 11.3 Å². The third-order valence-electron chi connectivity index (χ3n) is 5.42. The number of likely N-dealkylation sites (N-methyl/N-ethyl adjacent to an activating group) is 1. The number of nitrogen functional groups attached to an aromatic ring is 1. The summed E-state index contributed by atoms with van der Waals surface area (Å²) >= 11 is 1.85. The van der Waals surface area contributed by atoms with E-state index in [2.05, 4.69) is 26.7 Å². The summed E-state index contributed by atoms with van der Waals surface area (Å²) in [5.41, 5.74) is 8.86. The van der Waals surface area contributed by atoms with Gasteiger partial charge in [0.15, 0.2) is 11.6 Å². The van der Waals surface area contributed by atoms with Crippen molar-refractivity contribution in [3.05, 3.63) is 22.8 Å². The van der Waals surface area contributed by atoms with Gasteiger partial charge in [-0.15, -0.1) is 11.3 Å². The number of hydrogen-bond acceptors (Lipinski definition) is 9. The molecule has 0 saturated carbocycles. The molecular weight excluding hydrogens is 374 g/mol. The lowest BCUT2D eigenvalue weighted by Crippen LogP contribution is -2.37. The number of nitrogens with two attached hydrogens (primary N) is 1. The van der Waals surface area contributed by atoms with Gasteiger partial charge in [0.25, 0.3) is 0 Å². The second kappa shape index (κ2) is 7.23. The van der Waals surface area contributed by atoms with Crippen LogP contribution in [0, 0.1) is 0 Å². The monoisotopic (exact) mass is 397 g/mol. The maximum absolute atomic E-state index is 5.66. The molecule has 0 bridgehead atoms. The van der Waals surface area contributed by atoms with Gasteiger partial charge in [0.2, 0.25) is 5.95 Å². The van der Waals surface area contributed by atoms with Crippen LogP contribution in [0.2, 0.25) is 0 Å². The summed E-state index contributed by atoms with van der Waals surface area (Å²) in [6.45, 7) is 8.45. The van der Waals surface area contributed by atoms with Crippen LogP contribution in [0.5, 0.6) is 0 Å². The molecule has 0 aliphatic carbocycles. The highest BCUT2D eigenvalue weighted by atomic mass is 32.1. The van der Waals surface area contributed by atoms with E-state index in [-0.39, 0.29) is 5.95 Å². The fourth-order valence-corrected chi connectivity index (χ4v) is 5.08. The SMILES string of the molecule is CCN1CCc2sc3c(N4CCOCC4)nc(-c4cnc(N)nc4)nc3c2C1. The number of rotatable bonds is 3. The highest BCUT2D eigenvalue weighted by Crippen LogP contribution is 2.40. The zero-order valence-electron chi connectivity index (χ0n) is 15.9. The van der Waals surface area contributed by atoms with E-state index in [9.17, 15) is 0 Å². The molecular formula is C19H23N7OS. The Bertz CT molecular complexity index is 998. The summed E-state index contributed by atoms with van der Waals surface area (Å²) in [6, 6.07) is 0. The average molecular weight is 398 g/mol. The van der Waals surface area contributed by atoms with Crippen molar-refractivity contribution in [3.8, 4) is 11.4 Å². The Kier molecular flexibility index (Phi) is 4.58. The van der Waals surface area contributed by atoms with Gasteiger partial charge in [0, 0.05) is 49.0 Å². The molecule has 0 unspecified atom stereocenters. The molecule has 8 nitrogen and oxygen atoms in total. The molecule has 1 fully saturated rings. The van der Waals surface area contributed by atoms with Gasteiger partial charge in [0.05, 0.1) is 29.0 Å². The Balaban J connectivity index is 1.69. The summed E-state index contributed by atoms with van der Waals surface area (Å²) in [6.07, 6.45) is 4.47. The van der Waals surface area contributed by atoms with Gasteiger partial charge < -0.3 is 15.4 Å². The Labute approximate surface area is 167 Å². The lowest BCUT2D eigenvalue weighted by atomic mass is 10.1. The molecule has 2 N–H and O–H groups in total. The van der Waals surface area contributed by atoms with E-state index in [0.29, 0.717) is 5.82 Å². The molecule has 2 aliphatic heterocycles. The highest BCUT2D eigenvalue weighted by molar-refractivity contribution is 7.19. The minimum Gasteiger partial charge on any atom is -0.378 e. The van der Waals surface area contributed by atoms with Gasteiger partial charge in [-0.1, -0.05) is 6.92 Å². The molecule has 9 heteroatoms. The van der Waals surface area contributed by atoms with Crippen molar-refractivity contribution in [1.82, 2.24) is 24.8 Å². The molecule has 5 rings (SSSR count). The number of fused-ring (bicyclic) bond motifs is 3. The Morgan fingerprint density at radius 2 is 1.93 bits per heavy atom. The van der Waals surface area contributed by atoms with Crippen LogP contribution in [-0.4, -0.2) is 64.2 Å². The Morgan fingerprint density at radius 1 is 1.14 bits per heavy atom. The van der Waals surface area contributed by atoms with Gasteiger partial charge in [-0.05, 0) is 13.0 Å². The van der Waals surface area contributed by atoms with Crippen LogP contribution in [0.15, 0.2) is 12.4 Å². The van der Waals surface area contributed by atoms with Crippen LogP contribution in [0.3, 0.4) is 0 Å². The molecule has 2 aliphatic rings. The molecule has 1 saturated heterocycles. The largest absolute Gasteiger partial charge is 0.378 e. The van der Waals surface area contributed by atoms with E-state index in [4.69, 9.17) is 20.4 Å². The first-order valence-electron chi connectivity index (χ1n) is 9.68. The van der Waals surface area contributed by atoms with Crippen LogP contribution < -0.4 is 10.6 Å². The molecule has 0 atom stereocenters. The summed E-state index contributed by atoms with van der Waals surface area (Å²) in [5.74, 6) is 1.91. The fraction of sp³-hybridized carbons (Fsp3) is 0.474. The summed E-state index contributed by atoms with van der Waals surface area (Å²) in [4.78, 5) is 24.4. The quantitative estimate of drug-likeness (QED) is 0.717. The summed E-state index contributed by atoms with van der Waals surface area (Å²) in [5, 5.41) is 0. The van der Waals surface area contributed by atoms with Crippen LogP contribution in [0.25, 0.3) is 21.6 Å². The third-order valence-corrected chi connectivity index (χ3v) is 6.70. The lowest BCUT2D eigenvalue weighted by Gasteiger charge is -2.28. The van der Waals surface area contributed by atoms with Crippen molar-refractivity contribution >= 4 is 33.3 Å². The molecule has 0 radical (unpaired) electrons. The van der Waals surface area contributed by atoms with Crippen molar-refractivity contribution in [2.45, 2.75) is 19.9 Å². The summed E-state index contributed by atoms with van der Waals surface area (Å²) < 4.78 is 6.73. The van der Waals surface area contributed by atoms with Crippen molar-refractivity contribution in [3.63, 3.8) is 0 Å². The number of anilines is 2. The highest BCUT2D eigenvalue weighted by Gasteiger charge is 2.26. The smallest absolute Gasteiger partial charge is 0.219 e. The molecule has 0 spiro atoms. The molecule has 28 heavy (non-hydrogen) atoms. The van der Waals surface area contributed by atoms with E-state index in [1.54, 1.807) is 12.4 Å². The van der Waals surface area contributed by atoms with Crippen LogP contribution >= 0.6 is 11.3 Å². The first-order valence-corrected chi connectivity index (χ1v) is 10.5. The predicted molar refractivity (Wildman–Crippen MR) is 111 cm³/mol. The number of thiophene rings is 1. The number of nitrogens with zero attached hydrogens (tertiary/aromatic N) is 6. The predicted octanol–water partition coefficient (Wildman–Crippen LogP) is 1.95. The number of aromatic nitrogens is 4. The van der Waals surface area contributed by atoms with E-state index >= 15 is 0 Å². The van der Waals surface area contributed by atoms with Gasteiger partial charge >= 0.3 is 0 Å². The fourth-order valence-electron chi connectivity index (χ4n) is 3.82. The van der Waals surface area contributed by atoms with Gasteiger partial charge in [-0.3, -0.25) is 4.90 Å². The van der Waals surface area contributed by atoms with Gasteiger partial charge in [-0.25, -0.2) is 19.9 Å². The zero-order valence-corrected chi connectivity index (χ0v) is 16.7. The average Bonchev–Trinajstić information content (AvgIpc) is 3.12. The molecule has 0 aromatic carbocycles. The van der Waals surface area contributed by atoms with Crippen LogP contribution in [0.4, 0.5) is 11.8 Å². The van der Waals surface area contributed by atoms with Crippen molar-refractivity contribution in [2.75, 3.05) is 50.0 Å². The summed E-state index contributed by atoms with van der Waals surface area (Å²) in [7, 11) is 0. The third kappa shape index (κ3) is 3.09. The first-order chi connectivity index (χ1) is 13.7. The second-order valence-electron chi connectivity index (χ2n) is 7.10. The Morgan fingerprint density at radius 3 is 2.68 bits per heavy atom. The Hall–Kier alpha value is -2.36. The number of hydrogen-bond donors (Lipinski definition) is 1. The standard InChI is InChI=1S/C19H23N7OS/c1-2-25-4-3-14-13(11-25)15-16(28-14)18(26-5-7-27-8-6-26)24-17(23-15)12-9-21-19(20)22-10-12/h9-10H,2-8,11H2,1H3,(H2,20,21,22). The van der Waals surface area contributed by atoms with Crippen LogP contribution in [-0.2, 0) is 17.7 Å². The zero-order chi connectivity index (χ0) is 19.1. The maximum Gasteiger partial charge on any atom is 0.219 e. The molecule has 0 amide bonds. The normalized spacial score (nSPS) is 17.8. The number of morpholine rings is 1. The second-order valence-corrected chi connectivity index (χ2v) is 8.21. The number of ether oxygens (including phenoxy) is 1. The first kappa shape index (κ1) is 17.7. The molecule has 146 valence electrons. The van der Waals surface area contributed by atoms with Crippen molar-refractivity contribution in [2.24, 2.45) is 0 Å². The lowest BCUT2D eigenvalue weighted by molar-refractivity contribution is 0.122. The molecule has 3 aromatic heterocycles.